The summed E-state index contributed by atoms with van der Waals surface area (Å²) < 4.78 is 56.0. The van der Waals surface area contributed by atoms with Crippen LogP contribution in [0.1, 0.15) is 33.9 Å². The number of nitrogens with one attached hydrogen (secondary N) is 3. The van der Waals surface area contributed by atoms with Gasteiger partial charge in [-0.2, -0.15) is 13.1 Å². The minimum atomic E-state index is -4.08. The van der Waals surface area contributed by atoms with Crippen molar-refractivity contribution in [3.63, 3.8) is 0 Å². The van der Waals surface area contributed by atoms with Gasteiger partial charge in [-0.05, 0) is 55.6 Å². The molecule has 0 bridgehead atoms. The number of hydrogen-bond acceptors (Lipinski definition) is 4. The SMILES string of the molecule is CB(O)NS(=O)(=O)N[C@H]1CCc2c(C(=O)Nc3ccc(F)c(Cl)c3)ccc(F)c21. The van der Waals surface area contributed by atoms with Gasteiger partial charge in [-0.3, -0.25) is 4.79 Å². The van der Waals surface area contributed by atoms with Crippen LogP contribution >= 0.6 is 11.6 Å². The molecule has 0 heterocycles. The van der Waals surface area contributed by atoms with Gasteiger partial charge in [0.2, 0.25) is 0 Å². The highest BCUT2D eigenvalue weighted by atomic mass is 35.5. The Bertz CT molecular complexity index is 1070. The Labute approximate surface area is 171 Å². The monoisotopic (exact) mass is 443 g/mol. The number of benzene rings is 2. The summed E-state index contributed by atoms with van der Waals surface area (Å²) in [6, 6.07) is 5.18. The Morgan fingerprint density at radius 1 is 1.24 bits per heavy atom. The van der Waals surface area contributed by atoms with E-state index in [0.717, 1.165) is 12.1 Å². The lowest BCUT2D eigenvalue weighted by Gasteiger charge is -2.17. The molecule has 1 aliphatic rings. The lowest BCUT2D eigenvalue weighted by atomic mass is 9.92. The van der Waals surface area contributed by atoms with E-state index in [4.69, 9.17) is 11.6 Å². The Balaban J connectivity index is 1.87. The van der Waals surface area contributed by atoms with Crippen LogP contribution in [-0.4, -0.2) is 26.4 Å². The highest BCUT2D eigenvalue weighted by Crippen LogP contribution is 2.36. The van der Waals surface area contributed by atoms with Gasteiger partial charge < -0.3 is 10.3 Å². The highest BCUT2D eigenvalue weighted by Gasteiger charge is 2.33. The molecule has 0 radical (unpaired) electrons. The molecule has 0 spiro atoms. The third kappa shape index (κ3) is 4.93. The van der Waals surface area contributed by atoms with Crippen LogP contribution in [0.25, 0.3) is 0 Å². The Hall–Kier alpha value is -2.05. The van der Waals surface area contributed by atoms with Crippen molar-refractivity contribution >= 4 is 40.5 Å². The number of carbonyl (C=O) groups is 1. The maximum Gasteiger partial charge on any atom is 0.388 e. The molecule has 0 fully saturated rings. The summed E-state index contributed by atoms with van der Waals surface area (Å²) in [6.45, 7) is 1.23. The molecule has 0 unspecified atom stereocenters. The Morgan fingerprint density at radius 3 is 2.59 bits per heavy atom. The fraction of sp³-hybridized carbons (Fsp3) is 0.235. The number of amides is 1. The maximum atomic E-state index is 14.5. The number of halogens is 3. The summed E-state index contributed by atoms with van der Waals surface area (Å²) in [5.41, 5.74) is 0.883. The van der Waals surface area contributed by atoms with E-state index in [1.807, 2.05) is 4.63 Å². The van der Waals surface area contributed by atoms with Crippen molar-refractivity contribution in [2.24, 2.45) is 0 Å². The van der Waals surface area contributed by atoms with Crippen LogP contribution in [0.2, 0.25) is 11.8 Å². The number of rotatable bonds is 6. The van der Waals surface area contributed by atoms with Crippen LogP contribution in [0.5, 0.6) is 0 Å². The summed E-state index contributed by atoms with van der Waals surface area (Å²) in [4.78, 5) is 12.7. The van der Waals surface area contributed by atoms with Crippen molar-refractivity contribution in [2.75, 3.05) is 5.32 Å². The molecule has 0 aliphatic heterocycles. The molecule has 3 rings (SSSR count). The van der Waals surface area contributed by atoms with E-state index in [1.165, 1.54) is 25.0 Å². The lowest BCUT2D eigenvalue weighted by Crippen LogP contribution is -2.45. The lowest BCUT2D eigenvalue weighted by molar-refractivity contribution is 0.102. The van der Waals surface area contributed by atoms with Gasteiger partial charge in [-0.1, -0.05) is 11.6 Å². The Morgan fingerprint density at radius 2 is 1.93 bits per heavy atom. The van der Waals surface area contributed by atoms with Crippen LogP contribution < -0.4 is 14.7 Å². The third-order valence-corrected chi connectivity index (χ3v) is 5.92. The van der Waals surface area contributed by atoms with E-state index in [-0.39, 0.29) is 34.7 Å². The average Bonchev–Trinajstić information content (AvgIpc) is 3.01. The standard InChI is InChI=1S/C17H17BClF2N3O4S/c1-18(26)24-29(27,28)23-15-7-4-10-11(3-6-14(21)16(10)15)17(25)22-9-2-5-13(20)12(19)8-9/h2-3,5-6,8,15,23-24,26H,4,7H2,1H3,(H,22,25)/t15-/m0/s1. The number of carbonyl (C=O) groups excluding carboxylic acids is 1. The van der Waals surface area contributed by atoms with Gasteiger partial charge in [0.05, 0.1) is 11.1 Å². The molecule has 0 saturated carbocycles. The average molecular weight is 444 g/mol. The van der Waals surface area contributed by atoms with Crippen LogP contribution in [0.4, 0.5) is 14.5 Å². The van der Waals surface area contributed by atoms with Crippen molar-refractivity contribution in [1.29, 1.82) is 0 Å². The summed E-state index contributed by atoms with van der Waals surface area (Å²) in [5.74, 6) is -1.84. The molecule has 29 heavy (non-hydrogen) atoms. The molecule has 0 aromatic heterocycles. The van der Waals surface area contributed by atoms with Crippen LogP contribution in [-0.2, 0) is 16.6 Å². The van der Waals surface area contributed by atoms with E-state index in [1.54, 1.807) is 0 Å². The molecule has 4 N–H and O–H groups in total. The van der Waals surface area contributed by atoms with Gasteiger partial charge >= 0.3 is 7.05 Å². The second-order valence-electron chi connectivity index (χ2n) is 6.58. The zero-order chi connectivity index (χ0) is 21.3. The zero-order valence-corrected chi connectivity index (χ0v) is 16.7. The summed E-state index contributed by atoms with van der Waals surface area (Å²) in [6.07, 6.45) is 0.502. The fourth-order valence-corrected chi connectivity index (χ4v) is 4.57. The maximum absolute atomic E-state index is 14.5. The van der Waals surface area contributed by atoms with Crippen molar-refractivity contribution in [3.8, 4) is 0 Å². The van der Waals surface area contributed by atoms with E-state index in [2.05, 4.69) is 10.0 Å². The molecule has 0 saturated heterocycles. The molecule has 1 aliphatic carbocycles. The number of anilines is 1. The van der Waals surface area contributed by atoms with Gasteiger partial charge in [0.15, 0.2) is 0 Å². The smallest absolute Gasteiger partial charge is 0.388 e. The first-order valence-electron chi connectivity index (χ1n) is 8.62. The minimum absolute atomic E-state index is 0.0748. The quantitative estimate of drug-likeness (QED) is 0.514. The van der Waals surface area contributed by atoms with Gasteiger partial charge in [0, 0.05) is 16.8 Å². The van der Waals surface area contributed by atoms with E-state index in [0.29, 0.717) is 5.56 Å². The van der Waals surface area contributed by atoms with E-state index in [9.17, 15) is 27.0 Å². The molecule has 2 aromatic carbocycles. The van der Waals surface area contributed by atoms with E-state index < -0.39 is 40.8 Å². The molecule has 1 amide bonds. The van der Waals surface area contributed by atoms with Crippen LogP contribution in [0.3, 0.4) is 0 Å². The topological polar surface area (TPSA) is 108 Å². The predicted octanol–water partition coefficient (Wildman–Crippen LogP) is 2.39. The highest BCUT2D eigenvalue weighted by molar-refractivity contribution is 7.88. The van der Waals surface area contributed by atoms with Crippen molar-refractivity contribution in [1.82, 2.24) is 9.36 Å². The van der Waals surface area contributed by atoms with Gasteiger partial charge in [0.1, 0.15) is 11.6 Å². The normalized spacial score (nSPS) is 15.8. The van der Waals surface area contributed by atoms with Crippen molar-refractivity contribution in [3.05, 3.63) is 63.7 Å². The molecule has 1 atom stereocenters. The largest absolute Gasteiger partial charge is 0.437 e. The number of hydrogen-bond donors (Lipinski definition) is 4. The first-order valence-corrected chi connectivity index (χ1v) is 10.5. The fourth-order valence-electron chi connectivity index (χ4n) is 3.26. The van der Waals surface area contributed by atoms with E-state index >= 15 is 0 Å². The van der Waals surface area contributed by atoms with Gasteiger partial charge in [-0.15, -0.1) is 0 Å². The molecule has 154 valence electrons. The molecule has 2 aromatic rings. The van der Waals surface area contributed by atoms with Crippen molar-refractivity contribution < 1.29 is 27.0 Å². The van der Waals surface area contributed by atoms with Gasteiger partial charge in [0.25, 0.3) is 16.1 Å². The first-order chi connectivity index (χ1) is 13.6. The summed E-state index contributed by atoms with van der Waals surface area (Å²) >= 11 is 5.71. The molecular weight excluding hydrogens is 427 g/mol. The second-order valence-corrected chi connectivity index (χ2v) is 8.46. The second kappa shape index (κ2) is 8.37. The minimum Gasteiger partial charge on any atom is -0.437 e. The zero-order valence-electron chi connectivity index (χ0n) is 15.2. The van der Waals surface area contributed by atoms with Gasteiger partial charge in [-0.25, -0.2) is 13.4 Å². The third-order valence-electron chi connectivity index (χ3n) is 4.38. The summed E-state index contributed by atoms with van der Waals surface area (Å²) in [7, 11) is -5.40. The molecule has 12 heteroatoms. The molecule has 7 nitrogen and oxygen atoms in total. The van der Waals surface area contributed by atoms with Crippen molar-refractivity contribution in [2.45, 2.75) is 25.7 Å². The molecular formula is C17H17BClF2N3O4S. The van der Waals surface area contributed by atoms with Crippen LogP contribution in [0, 0.1) is 11.6 Å². The first kappa shape index (κ1) is 21.7. The summed E-state index contributed by atoms with van der Waals surface area (Å²) in [5, 5.41) is 11.6. The predicted molar refractivity (Wildman–Crippen MR) is 106 cm³/mol. The Kier molecular flexibility index (Phi) is 6.25. The number of fused-ring (bicyclic) bond motifs is 1. The van der Waals surface area contributed by atoms with Crippen LogP contribution in [0.15, 0.2) is 30.3 Å².